The zero-order chi connectivity index (χ0) is 14.0. The van der Waals surface area contributed by atoms with Crippen LogP contribution >= 0.6 is 0 Å². The van der Waals surface area contributed by atoms with Crippen molar-refractivity contribution in [2.45, 2.75) is 32.3 Å². The maximum absolute atomic E-state index is 12.4. The summed E-state index contributed by atoms with van der Waals surface area (Å²) in [5.74, 6) is 0.0949. The number of ketones is 1. The quantitative estimate of drug-likeness (QED) is 0.839. The van der Waals surface area contributed by atoms with Gasteiger partial charge in [0, 0.05) is 25.6 Å². The Bertz CT molecular complexity index is 508. The van der Waals surface area contributed by atoms with E-state index < -0.39 is 5.60 Å². The topological polar surface area (TPSA) is 46.6 Å². The standard InChI is InChI=1S/C15H19NO3/c1-15(2,19-3)10-14(18)16-9-8-13(17)11-6-4-5-7-12(11)16/h4-7H,8-10H2,1-3H3. The number of carbonyl (C=O) groups is 2. The van der Waals surface area contributed by atoms with Gasteiger partial charge in [0.1, 0.15) is 0 Å². The maximum atomic E-state index is 12.4. The maximum Gasteiger partial charge on any atom is 0.229 e. The first-order chi connectivity index (χ1) is 8.94. The number of benzene rings is 1. The summed E-state index contributed by atoms with van der Waals surface area (Å²) in [6, 6.07) is 7.27. The van der Waals surface area contributed by atoms with Gasteiger partial charge in [0.2, 0.25) is 5.91 Å². The molecule has 1 aliphatic heterocycles. The number of Topliss-reactive ketones (excluding diaryl/α,β-unsaturated/α-hetero) is 1. The van der Waals surface area contributed by atoms with Crippen molar-refractivity contribution in [2.75, 3.05) is 18.6 Å². The molecular weight excluding hydrogens is 242 g/mol. The van der Waals surface area contributed by atoms with Crippen LogP contribution in [0.15, 0.2) is 24.3 Å². The van der Waals surface area contributed by atoms with Crippen molar-refractivity contribution in [3.8, 4) is 0 Å². The van der Waals surface area contributed by atoms with E-state index in [1.807, 2.05) is 32.0 Å². The summed E-state index contributed by atoms with van der Waals surface area (Å²) in [7, 11) is 1.60. The van der Waals surface area contributed by atoms with E-state index in [0.29, 0.717) is 24.9 Å². The predicted octanol–water partition coefficient (Wildman–Crippen LogP) is 2.42. The summed E-state index contributed by atoms with van der Waals surface area (Å²) in [6.07, 6.45) is 0.683. The van der Waals surface area contributed by atoms with E-state index in [1.54, 1.807) is 18.1 Å². The number of fused-ring (bicyclic) bond motifs is 1. The third-order valence-corrected chi connectivity index (χ3v) is 3.49. The lowest BCUT2D eigenvalue weighted by molar-refractivity contribution is -0.123. The van der Waals surface area contributed by atoms with Crippen LogP contribution in [0.5, 0.6) is 0 Å². The molecule has 1 amide bonds. The van der Waals surface area contributed by atoms with Gasteiger partial charge in [-0.3, -0.25) is 9.59 Å². The minimum atomic E-state index is -0.493. The molecule has 1 aliphatic rings. The molecule has 4 nitrogen and oxygen atoms in total. The second-order valence-electron chi connectivity index (χ2n) is 5.38. The van der Waals surface area contributed by atoms with Gasteiger partial charge in [-0.15, -0.1) is 0 Å². The molecule has 0 radical (unpaired) electrons. The van der Waals surface area contributed by atoms with Gasteiger partial charge in [0.25, 0.3) is 0 Å². The number of ether oxygens (including phenoxy) is 1. The smallest absolute Gasteiger partial charge is 0.229 e. The SMILES string of the molecule is COC(C)(C)CC(=O)N1CCC(=O)c2ccccc21. The van der Waals surface area contributed by atoms with Gasteiger partial charge in [0.05, 0.1) is 17.7 Å². The molecule has 0 bridgehead atoms. The van der Waals surface area contributed by atoms with Crippen LogP contribution in [-0.4, -0.2) is 30.9 Å². The third kappa shape index (κ3) is 2.84. The van der Waals surface area contributed by atoms with Crippen LogP contribution in [0.25, 0.3) is 0 Å². The van der Waals surface area contributed by atoms with E-state index in [1.165, 1.54) is 0 Å². The third-order valence-electron chi connectivity index (χ3n) is 3.49. The Hall–Kier alpha value is -1.68. The molecule has 0 aromatic heterocycles. The van der Waals surface area contributed by atoms with Gasteiger partial charge in [-0.25, -0.2) is 0 Å². The fourth-order valence-electron chi connectivity index (χ4n) is 2.20. The molecule has 19 heavy (non-hydrogen) atoms. The lowest BCUT2D eigenvalue weighted by Crippen LogP contribution is -2.41. The number of hydrogen-bond acceptors (Lipinski definition) is 3. The van der Waals surface area contributed by atoms with Crippen LogP contribution in [0.4, 0.5) is 5.69 Å². The molecule has 0 atom stereocenters. The van der Waals surface area contributed by atoms with Gasteiger partial charge in [-0.2, -0.15) is 0 Å². The first-order valence-electron chi connectivity index (χ1n) is 6.42. The van der Waals surface area contributed by atoms with Crippen LogP contribution in [0.1, 0.15) is 37.0 Å². The van der Waals surface area contributed by atoms with E-state index >= 15 is 0 Å². The highest BCUT2D eigenvalue weighted by molar-refractivity contribution is 6.08. The molecule has 0 saturated carbocycles. The first kappa shape index (κ1) is 13.7. The van der Waals surface area contributed by atoms with E-state index in [2.05, 4.69) is 0 Å². The zero-order valence-corrected chi connectivity index (χ0v) is 11.6. The van der Waals surface area contributed by atoms with Crippen molar-refractivity contribution >= 4 is 17.4 Å². The summed E-state index contributed by atoms with van der Waals surface area (Å²) in [5, 5.41) is 0. The van der Waals surface area contributed by atoms with Crippen LogP contribution in [0.2, 0.25) is 0 Å². The van der Waals surface area contributed by atoms with Crippen molar-refractivity contribution < 1.29 is 14.3 Å². The fraction of sp³-hybridized carbons (Fsp3) is 0.467. The first-order valence-corrected chi connectivity index (χ1v) is 6.42. The number of para-hydroxylation sites is 1. The molecule has 4 heteroatoms. The monoisotopic (exact) mass is 261 g/mol. The Morgan fingerprint density at radius 3 is 2.74 bits per heavy atom. The molecule has 1 aromatic rings. The Kier molecular flexibility index (Phi) is 3.71. The lowest BCUT2D eigenvalue weighted by atomic mass is 9.98. The molecule has 0 aliphatic carbocycles. The van der Waals surface area contributed by atoms with Crippen LogP contribution in [0.3, 0.4) is 0 Å². The summed E-state index contributed by atoms with van der Waals surface area (Å²) >= 11 is 0. The van der Waals surface area contributed by atoms with Gasteiger partial charge in [-0.1, -0.05) is 12.1 Å². The van der Waals surface area contributed by atoms with E-state index in [4.69, 9.17) is 4.74 Å². The van der Waals surface area contributed by atoms with Crippen molar-refractivity contribution in [1.29, 1.82) is 0 Å². The van der Waals surface area contributed by atoms with Gasteiger partial charge in [0.15, 0.2) is 5.78 Å². The van der Waals surface area contributed by atoms with E-state index in [9.17, 15) is 9.59 Å². The molecule has 1 heterocycles. The minimum Gasteiger partial charge on any atom is -0.378 e. The Morgan fingerprint density at radius 2 is 2.05 bits per heavy atom. The second kappa shape index (κ2) is 5.13. The minimum absolute atomic E-state index is 0.00759. The number of nitrogens with zero attached hydrogens (tertiary/aromatic N) is 1. The predicted molar refractivity (Wildman–Crippen MR) is 73.4 cm³/mol. The Labute approximate surface area is 113 Å². The Balaban J connectivity index is 2.25. The summed E-state index contributed by atoms with van der Waals surface area (Å²) in [4.78, 5) is 25.9. The highest BCUT2D eigenvalue weighted by Crippen LogP contribution is 2.28. The van der Waals surface area contributed by atoms with Crippen molar-refractivity contribution in [3.63, 3.8) is 0 Å². The molecule has 0 unspecified atom stereocenters. The number of carbonyl (C=O) groups excluding carboxylic acids is 2. The summed E-state index contributed by atoms with van der Waals surface area (Å²) < 4.78 is 5.29. The molecule has 0 N–H and O–H groups in total. The highest BCUT2D eigenvalue weighted by atomic mass is 16.5. The van der Waals surface area contributed by atoms with Crippen molar-refractivity contribution in [1.82, 2.24) is 0 Å². The van der Waals surface area contributed by atoms with Gasteiger partial charge in [-0.05, 0) is 26.0 Å². The molecule has 2 rings (SSSR count). The normalized spacial score (nSPS) is 15.3. The summed E-state index contributed by atoms with van der Waals surface area (Å²) in [6.45, 7) is 4.21. The molecule has 0 saturated heterocycles. The summed E-state index contributed by atoms with van der Waals surface area (Å²) in [5.41, 5.74) is 0.862. The van der Waals surface area contributed by atoms with Crippen LogP contribution in [0, 0.1) is 0 Å². The number of rotatable bonds is 3. The van der Waals surface area contributed by atoms with Gasteiger partial charge >= 0.3 is 0 Å². The number of methoxy groups -OCH3 is 1. The number of amides is 1. The number of anilines is 1. The van der Waals surface area contributed by atoms with Crippen molar-refractivity contribution in [3.05, 3.63) is 29.8 Å². The Morgan fingerprint density at radius 1 is 1.37 bits per heavy atom. The fourth-order valence-corrected chi connectivity index (χ4v) is 2.20. The van der Waals surface area contributed by atoms with E-state index in [0.717, 1.165) is 5.69 Å². The molecule has 1 aromatic carbocycles. The van der Waals surface area contributed by atoms with Gasteiger partial charge < -0.3 is 9.64 Å². The molecule has 0 spiro atoms. The number of hydrogen-bond donors (Lipinski definition) is 0. The van der Waals surface area contributed by atoms with E-state index in [-0.39, 0.29) is 11.7 Å². The largest absolute Gasteiger partial charge is 0.378 e. The lowest BCUT2D eigenvalue weighted by Gasteiger charge is -2.31. The van der Waals surface area contributed by atoms with Crippen LogP contribution < -0.4 is 4.90 Å². The van der Waals surface area contributed by atoms with Crippen molar-refractivity contribution in [2.24, 2.45) is 0 Å². The molecular formula is C15H19NO3. The average Bonchev–Trinajstić information content (AvgIpc) is 2.39. The highest BCUT2D eigenvalue weighted by Gasteiger charge is 2.30. The average molecular weight is 261 g/mol. The van der Waals surface area contributed by atoms with Crippen LogP contribution in [-0.2, 0) is 9.53 Å². The zero-order valence-electron chi connectivity index (χ0n) is 11.6. The molecule has 102 valence electrons. The second-order valence-corrected chi connectivity index (χ2v) is 5.38. The molecule has 0 fully saturated rings.